The fraction of sp³-hybridized carbons (Fsp3) is 0.174. The van der Waals surface area contributed by atoms with Gasteiger partial charge in [0.25, 0.3) is 0 Å². The summed E-state index contributed by atoms with van der Waals surface area (Å²) in [4.78, 5) is 1.79. The number of hydrogen-bond donors (Lipinski definition) is 6. The van der Waals surface area contributed by atoms with Crippen molar-refractivity contribution in [2.75, 3.05) is 0 Å². The van der Waals surface area contributed by atoms with Crippen molar-refractivity contribution >= 4 is 47.8 Å². The van der Waals surface area contributed by atoms with Gasteiger partial charge >= 0.3 is 0 Å². The Labute approximate surface area is 338 Å². The topological polar surface area (TPSA) is 121 Å². The summed E-state index contributed by atoms with van der Waals surface area (Å²) in [6.07, 6.45) is 0. The van der Waals surface area contributed by atoms with Gasteiger partial charge in [-0.05, 0) is 115 Å². The smallest absolute Gasteiger partial charge is 0.141 e. The van der Waals surface area contributed by atoms with Crippen molar-refractivity contribution in [2.24, 2.45) is 0 Å². The Kier molecular flexibility index (Phi) is 10.2. The van der Waals surface area contributed by atoms with Gasteiger partial charge in [-0.3, -0.25) is 0 Å². The van der Waals surface area contributed by atoms with Crippen LogP contribution in [0.4, 0.5) is 0 Å². The van der Waals surface area contributed by atoms with Crippen molar-refractivity contribution < 1.29 is 30.6 Å². The summed E-state index contributed by atoms with van der Waals surface area (Å²) in [5, 5.41) is 68.6. The SMILES string of the molecule is C[Si](C)(C)c1ccc(-c2cc(C(O)(c3ccc(O)cc3)c3ccc(O)cc3)c(-c3ccc([Si](C)(C)C)s3)cc2C(O)(c2ccc(O)cc2)c2ccc(O)cc2)s1. The molecule has 2 aromatic heterocycles. The van der Waals surface area contributed by atoms with Gasteiger partial charge in [0.1, 0.15) is 34.2 Å². The zero-order chi connectivity index (χ0) is 40.2. The molecule has 0 radical (unpaired) electrons. The third kappa shape index (κ3) is 7.24. The molecule has 0 aliphatic carbocycles. The van der Waals surface area contributed by atoms with Crippen LogP contribution >= 0.6 is 22.7 Å². The van der Waals surface area contributed by atoms with Crippen molar-refractivity contribution in [3.63, 3.8) is 0 Å². The summed E-state index contributed by atoms with van der Waals surface area (Å²) in [7, 11) is -3.57. The lowest BCUT2D eigenvalue weighted by Crippen LogP contribution is -2.34. The summed E-state index contributed by atoms with van der Waals surface area (Å²) < 4.78 is 2.54. The number of hydrogen-bond acceptors (Lipinski definition) is 8. The van der Waals surface area contributed by atoms with Crippen LogP contribution in [0.15, 0.2) is 133 Å². The molecule has 0 saturated carbocycles. The molecule has 56 heavy (non-hydrogen) atoms. The standard InChI is InChI=1S/C46H46O6S2Si2/c1-55(2,3)43-25-23-41(53-43)37-27-40(46(52,31-11-19-35(49)20-12-31)32-13-21-36(50)22-14-32)38(42-24-26-44(54-42)56(4,5)6)28-39(37)45(51,29-7-15-33(47)16-8-29)30-9-17-34(48)18-10-30/h7-28,47-52H,1-6H3. The quantitative estimate of drug-likeness (QED) is 0.0605. The number of benzene rings is 5. The molecule has 2 heterocycles. The predicted octanol–water partition coefficient (Wildman–Crippen LogP) is 9.62. The van der Waals surface area contributed by atoms with Crippen LogP contribution in [0.2, 0.25) is 39.3 Å². The minimum atomic E-state index is -1.80. The van der Waals surface area contributed by atoms with E-state index in [9.17, 15) is 30.6 Å². The van der Waals surface area contributed by atoms with Crippen molar-refractivity contribution in [1.82, 2.24) is 0 Å². The van der Waals surface area contributed by atoms with Crippen LogP contribution in [0.3, 0.4) is 0 Å². The van der Waals surface area contributed by atoms with Gasteiger partial charge in [-0.2, -0.15) is 0 Å². The van der Waals surface area contributed by atoms with Crippen molar-refractivity contribution in [2.45, 2.75) is 50.5 Å². The summed E-state index contributed by atoms with van der Waals surface area (Å²) >= 11 is 3.35. The van der Waals surface area contributed by atoms with E-state index in [1.54, 1.807) is 120 Å². The molecule has 0 atom stereocenters. The molecule has 6 nitrogen and oxygen atoms in total. The molecular weight excluding hydrogens is 769 g/mol. The number of aliphatic hydroxyl groups is 2. The Hall–Kier alpha value is -4.95. The van der Waals surface area contributed by atoms with Crippen molar-refractivity contribution in [1.29, 1.82) is 0 Å². The molecular formula is C46H46O6S2Si2. The summed E-state index contributed by atoms with van der Waals surface area (Å²) in [6, 6.07) is 38.6. The van der Waals surface area contributed by atoms with Crippen LogP contribution in [-0.2, 0) is 11.2 Å². The first-order valence-electron chi connectivity index (χ1n) is 18.4. The maximum absolute atomic E-state index is 13.6. The molecule has 286 valence electrons. The second-order valence-electron chi connectivity index (χ2n) is 16.4. The van der Waals surface area contributed by atoms with E-state index in [1.165, 1.54) is 9.00 Å². The molecule has 5 aromatic carbocycles. The molecule has 0 unspecified atom stereocenters. The van der Waals surface area contributed by atoms with Crippen LogP contribution in [0.5, 0.6) is 23.0 Å². The van der Waals surface area contributed by atoms with Gasteiger partial charge in [-0.25, -0.2) is 0 Å². The predicted molar refractivity (Wildman–Crippen MR) is 236 cm³/mol. The molecule has 0 bridgehead atoms. The van der Waals surface area contributed by atoms with Crippen LogP contribution in [0.1, 0.15) is 33.4 Å². The summed E-state index contributed by atoms with van der Waals surface area (Å²) in [5.74, 6) is 0.227. The van der Waals surface area contributed by atoms with E-state index in [4.69, 9.17) is 0 Å². The van der Waals surface area contributed by atoms with Crippen LogP contribution in [0, 0.1) is 0 Å². The number of phenols is 4. The van der Waals surface area contributed by atoms with Gasteiger partial charge in [0.15, 0.2) is 0 Å². The number of aromatic hydroxyl groups is 4. The number of rotatable bonds is 10. The first-order chi connectivity index (χ1) is 26.4. The van der Waals surface area contributed by atoms with E-state index in [2.05, 4.69) is 63.5 Å². The molecule has 0 fully saturated rings. The molecule has 0 amide bonds. The Bertz CT molecular complexity index is 2220. The van der Waals surface area contributed by atoms with E-state index in [-0.39, 0.29) is 23.0 Å². The number of thiophene rings is 2. The molecule has 10 heteroatoms. The molecule has 0 aliphatic heterocycles. The van der Waals surface area contributed by atoms with Crippen LogP contribution < -0.4 is 9.00 Å². The highest BCUT2D eigenvalue weighted by molar-refractivity contribution is 7.29. The maximum atomic E-state index is 13.6. The Morgan fingerprint density at radius 3 is 0.839 bits per heavy atom. The lowest BCUT2D eigenvalue weighted by Gasteiger charge is -2.36. The van der Waals surface area contributed by atoms with E-state index >= 15 is 0 Å². The highest BCUT2D eigenvalue weighted by Crippen LogP contribution is 2.50. The molecule has 0 saturated heterocycles. The second kappa shape index (κ2) is 14.5. The van der Waals surface area contributed by atoms with Gasteiger partial charge < -0.3 is 30.6 Å². The van der Waals surface area contributed by atoms with Gasteiger partial charge in [0.2, 0.25) is 0 Å². The molecule has 7 rings (SSSR count). The van der Waals surface area contributed by atoms with E-state index in [1.807, 2.05) is 12.1 Å². The Balaban J connectivity index is 1.67. The first-order valence-corrected chi connectivity index (χ1v) is 27.1. The summed E-state index contributed by atoms with van der Waals surface area (Å²) in [5.41, 5.74) is 0.904. The average Bonchev–Trinajstić information content (AvgIpc) is 3.87. The first kappa shape index (κ1) is 39.3. The third-order valence-electron chi connectivity index (χ3n) is 10.3. The molecule has 6 N–H and O–H groups in total. The fourth-order valence-corrected chi connectivity index (χ4v) is 13.0. The Morgan fingerprint density at radius 1 is 0.375 bits per heavy atom. The lowest BCUT2D eigenvalue weighted by molar-refractivity contribution is 0.122. The molecule has 7 aromatic rings. The van der Waals surface area contributed by atoms with Gasteiger partial charge in [0.05, 0.1) is 16.1 Å². The van der Waals surface area contributed by atoms with E-state index in [0.717, 1.165) is 9.75 Å². The second-order valence-corrected chi connectivity index (χ2v) is 29.3. The normalized spacial score (nSPS) is 12.6. The maximum Gasteiger partial charge on any atom is 0.141 e. The zero-order valence-corrected chi connectivity index (χ0v) is 35.8. The van der Waals surface area contributed by atoms with E-state index < -0.39 is 27.3 Å². The third-order valence-corrected chi connectivity index (χ3v) is 19.7. The fourth-order valence-electron chi connectivity index (χ4n) is 7.14. The van der Waals surface area contributed by atoms with Gasteiger partial charge in [-0.1, -0.05) is 99.9 Å². The number of phenolic OH excluding ortho intramolecular Hbond substituents is 4. The monoisotopic (exact) mass is 814 g/mol. The van der Waals surface area contributed by atoms with Gasteiger partial charge in [0, 0.05) is 20.9 Å². The highest BCUT2D eigenvalue weighted by atomic mass is 32.1. The summed E-state index contributed by atoms with van der Waals surface area (Å²) in [6.45, 7) is 13.8. The Morgan fingerprint density at radius 2 is 0.625 bits per heavy atom. The lowest BCUT2D eigenvalue weighted by atomic mass is 9.73. The highest BCUT2D eigenvalue weighted by Gasteiger charge is 2.42. The van der Waals surface area contributed by atoms with Crippen molar-refractivity contribution in [3.8, 4) is 43.9 Å². The minimum absolute atomic E-state index is 0.0569. The average molecular weight is 815 g/mol. The minimum Gasteiger partial charge on any atom is -0.508 e. The molecule has 0 spiro atoms. The largest absolute Gasteiger partial charge is 0.508 e. The van der Waals surface area contributed by atoms with Crippen LogP contribution in [-0.4, -0.2) is 46.8 Å². The van der Waals surface area contributed by atoms with Crippen LogP contribution in [0.25, 0.3) is 20.9 Å². The van der Waals surface area contributed by atoms with E-state index in [0.29, 0.717) is 44.5 Å². The van der Waals surface area contributed by atoms with Crippen molar-refractivity contribution in [3.05, 3.63) is 167 Å². The zero-order valence-electron chi connectivity index (χ0n) is 32.2. The molecule has 0 aliphatic rings. The van der Waals surface area contributed by atoms with Gasteiger partial charge in [-0.15, -0.1) is 22.7 Å².